The highest BCUT2D eigenvalue weighted by Gasteiger charge is 2.19. The molecule has 2 nitrogen and oxygen atoms in total. The predicted octanol–water partition coefficient (Wildman–Crippen LogP) is 4.08. The van der Waals surface area contributed by atoms with Gasteiger partial charge in [0, 0.05) is 0 Å². The van der Waals surface area contributed by atoms with Crippen LogP contribution < -0.4 is 4.74 Å². The topological polar surface area (TPSA) is 29.5 Å². The molecule has 0 aromatic heterocycles. The summed E-state index contributed by atoms with van der Waals surface area (Å²) in [6, 6.07) is 14.7. The number of para-hydroxylation sites is 1. The van der Waals surface area contributed by atoms with Crippen LogP contribution in [0.1, 0.15) is 12.5 Å². The number of hydrogen-bond acceptors (Lipinski definition) is 2. The van der Waals surface area contributed by atoms with Crippen LogP contribution in [0.2, 0.25) is 0 Å². The number of rotatable bonds is 3. The van der Waals surface area contributed by atoms with Crippen LogP contribution in [0.25, 0.3) is 0 Å². The molecule has 0 spiro atoms. The Labute approximate surface area is 121 Å². The van der Waals surface area contributed by atoms with Crippen LogP contribution in [-0.4, -0.2) is 5.11 Å². The molecule has 2 rings (SSSR count). The second-order valence-corrected chi connectivity index (χ2v) is 5.13. The highest BCUT2D eigenvalue weighted by Crippen LogP contribution is 2.30. The Bertz CT molecular complexity index is 609. The third-order valence-electron chi connectivity index (χ3n) is 2.76. The Morgan fingerprint density at radius 3 is 2.37 bits per heavy atom. The molecule has 0 bridgehead atoms. The van der Waals surface area contributed by atoms with Gasteiger partial charge < -0.3 is 9.84 Å². The molecular weight excluding hydrogens is 304 g/mol. The lowest BCUT2D eigenvalue weighted by Gasteiger charge is -2.17. The third-order valence-corrected chi connectivity index (χ3v) is 3.42. The molecule has 2 aromatic rings. The Morgan fingerprint density at radius 2 is 1.79 bits per heavy atom. The first-order chi connectivity index (χ1) is 9.03. The van der Waals surface area contributed by atoms with E-state index in [0.717, 1.165) is 10.2 Å². The molecule has 96 valence electrons. The van der Waals surface area contributed by atoms with E-state index >= 15 is 0 Å². The minimum absolute atomic E-state index is 0.662. The zero-order valence-electron chi connectivity index (χ0n) is 10.4. The number of halogens is 1. The Balaban J connectivity index is 2.21. The first kappa shape index (κ1) is 13.7. The van der Waals surface area contributed by atoms with Gasteiger partial charge in [0.2, 0.25) is 0 Å². The maximum atomic E-state index is 9.93. The van der Waals surface area contributed by atoms with E-state index < -0.39 is 5.60 Å². The lowest BCUT2D eigenvalue weighted by molar-refractivity contribution is 0.122. The van der Waals surface area contributed by atoms with Crippen LogP contribution in [0.3, 0.4) is 0 Å². The van der Waals surface area contributed by atoms with Gasteiger partial charge in [-0.15, -0.1) is 6.42 Å². The normalized spacial score (nSPS) is 13.4. The predicted molar refractivity (Wildman–Crippen MR) is 79.1 cm³/mol. The molecule has 0 saturated heterocycles. The first-order valence-electron chi connectivity index (χ1n) is 5.76. The highest BCUT2D eigenvalue weighted by molar-refractivity contribution is 9.10. The van der Waals surface area contributed by atoms with Gasteiger partial charge in [-0.1, -0.05) is 30.2 Å². The molecule has 0 aliphatic rings. The monoisotopic (exact) mass is 316 g/mol. The van der Waals surface area contributed by atoms with Crippen LogP contribution in [0.15, 0.2) is 53.0 Å². The molecule has 0 fully saturated rings. The van der Waals surface area contributed by atoms with Crippen molar-refractivity contribution in [1.29, 1.82) is 0 Å². The van der Waals surface area contributed by atoms with Gasteiger partial charge >= 0.3 is 0 Å². The molecule has 0 saturated carbocycles. The van der Waals surface area contributed by atoms with Gasteiger partial charge in [0.1, 0.15) is 17.1 Å². The zero-order chi connectivity index (χ0) is 13.9. The van der Waals surface area contributed by atoms with E-state index in [0.29, 0.717) is 11.3 Å². The van der Waals surface area contributed by atoms with Gasteiger partial charge in [-0.05, 0) is 52.7 Å². The van der Waals surface area contributed by atoms with E-state index in [9.17, 15) is 5.11 Å². The molecule has 0 aliphatic heterocycles. The number of benzene rings is 2. The molecule has 0 heterocycles. The molecule has 0 amide bonds. The fourth-order valence-electron chi connectivity index (χ4n) is 1.59. The Kier molecular flexibility index (Phi) is 3.94. The van der Waals surface area contributed by atoms with Crippen molar-refractivity contribution in [2.75, 3.05) is 0 Å². The van der Waals surface area contributed by atoms with Crippen molar-refractivity contribution in [3.05, 3.63) is 58.6 Å². The summed E-state index contributed by atoms with van der Waals surface area (Å²) in [6.07, 6.45) is 5.28. The number of hydrogen-bond donors (Lipinski definition) is 1. The summed E-state index contributed by atoms with van der Waals surface area (Å²) >= 11 is 3.42. The van der Waals surface area contributed by atoms with E-state index in [1.165, 1.54) is 0 Å². The molecule has 1 unspecified atom stereocenters. The number of terminal acetylenes is 1. The summed E-state index contributed by atoms with van der Waals surface area (Å²) in [7, 11) is 0. The van der Waals surface area contributed by atoms with Gasteiger partial charge in [0.25, 0.3) is 0 Å². The van der Waals surface area contributed by atoms with Crippen molar-refractivity contribution >= 4 is 15.9 Å². The van der Waals surface area contributed by atoms with Crippen molar-refractivity contribution in [2.45, 2.75) is 12.5 Å². The summed E-state index contributed by atoms with van der Waals surface area (Å²) < 4.78 is 6.61. The summed E-state index contributed by atoms with van der Waals surface area (Å²) in [5, 5.41) is 9.93. The third kappa shape index (κ3) is 3.17. The van der Waals surface area contributed by atoms with E-state index in [2.05, 4.69) is 21.9 Å². The Hall–Kier alpha value is -1.76. The fraction of sp³-hybridized carbons (Fsp3) is 0.125. The van der Waals surface area contributed by atoms with Gasteiger partial charge in [-0.25, -0.2) is 0 Å². The molecule has 19 heavy (non-hydrogen) atoms. The standard InChI is InChI=1S/C16H13BrO2/c1-3-16(2,18)12-8-10-13(11-9-12)19-15-7-5-4-6-14(15)17/h1,4-11,18H,2H3. The quantitative estimate of drug-likeness (QED) is 0.864. The Morgan fingerprint density at radius 1 is 1.16 bits per heavy atom. The number of aliphatic hydroxyl groups is 1. The van der Waals surface area contributed by atoms with Crippen LogP contribution in [0.5, 0.6) is 11.5 Å². The first-order valence-corrected chi connectivity index (χ1v) is 6.55. The van der Waals surface area contributed by atoms with E-state index in [-0.39, 0.29) is 0 Å². The van der Waals surface area contributed by atoms with E-state index in [4.69, 9.17) is 11.2 Å². The average molecular weight is 317 g/mol. The maximum Gasteiger partial charge on any atom is 0.147 e. The highest BCUT2D eigenvalue weighted by atomic mass is 79.9. The van der Waals surface area contributed by atoms with Crippen molar-refractivity contribution in [2.24, 2.45) is 0 Å². The van der Waals surface area contributed by atoms with E-state index in [1.54, 1.807) is 31.2 Å². The SMILES string of the molecule is C#CC(C)(O)c1ccc(Oc2ccccc2Br)cc1. The van der Waals surface area contributed by atoms with Crippen LogP contribution in [0, 0.1) is 12.3 Å². The second-order valence-electron chi connectivity index (χ2n) is 4.27. The maximum absolute atomic E-state index is 9.93. The van der Waals surface area contributed by atoms with Gasteiger partial charge in [-0.3, -0.25) is 0 Å². The molecule has 1 atom stereocenters. The van der Waals surface area contributed by atoms with Gasteiger partial charge in [0.05, 0.1) is 4.47 Å². The molecule has 2 aromatic carbocycles. The molecular formula is C16H13BrO2. The minimum Gasteiger partial charge on any atom is -0.456 e. The van der Waals surface area contributed by atoms with Crippen LogP contribution >= 0.6 is 15.9 Å². The van der Waals surface area contributed by atoms with Gasteiger partial charge in [0.15, 0.2) is 0 Å². The molecule has 0 radical (unpaired) electrons. The average Bonchev–Trinajstić information content (AvgIpc) is 2.42. The van der Waals surface area contributed by atoms with Crippen molar-refractivity contribution in [3.8, 4) is 23.8 Å². The largest absolute Gasteiger partial charge is 0.456 e. The summed E-state index contributed by atoms with van der Waals surface area (Å²) in [5.74, 6) is 3.76. The molecule has 3 heteroatoms. The molecule has 0 aliphatic carbocycles. The van der Waals surface area contributed by atoms with Crippen LogP contribution in [0.4, 0.5) is 0 Å². The summed E-state index contributed by atoms with van der Waals surface area (Å²) in [4.78, 5) is 0. The van der Waals surface area contributed by atoms with Crippen molar-refractivity contribution < 1.29 is 9.84 Å². The van der Waals surface area contributed by atoms with Crippen LogP contribution in [-0.2, 0) is 5.60 Å². The number of ether oxygens (including phenoxy) is 1. The minimum atomic E-state index is -1.26. The van der Waals surface area contributed by atoms with Crippen molar-refractivity contribution in [1.82, 2.24) is 0 Å². The molecule has 1 N–H and O–H groups in total. The smallest absolute Gasteiger partial charge is 0.147 e. The second kappa shape index (κ2) is 5.48. The summed E-state index contributed by atoms with van der Waals surface area (Å²) in [5.41, 5.74) is -0.597. The van der Waals surface area contributed by atoms with Gasteiger partial charge in [-0.2, -0.15) is 0 Å². The lowest BCUT2D eigenvalue weighted by atomic mass is 9.97. The van der Waals surface area contributed by atoms with E-state index in [1.807, 2.05) is 24.3 Å². The zero-order valence-corrected chi connectivity index (χ0v) is 12.0. The fourth-order valence-corrected chi connectivity index (χ4v) is 1.95. The summed E-state index contributed by atoms with van der Waals surface area (Å²) in [6.45, 7) is 1.58. The van der Waals surface area contributed by atoms with Crippen molar-refractivity contribution in [3.63, 3.8) is 0 Å². The lowest BCUT2D eigenvalue weighted by Crippen LogP contribution is -2.17.